The number of likely N-dealkylation sites (N-methyl/N-ethyl adjacent to an activating group) is 2. The van der Waals surface area contributed by atoms with E-state index in [1.54, 1.807) is 37.9 Å². The van der Waals surface area contributed by atoms with Crippen molar-refractivity contribution in [1.82, 2.24) is 15.1 Å². The van der Waals surface area contributed by atoms with Crippen molar-refractivity contribution in [2.45, 2.75) is 51.8 Å². The molecule has 146 valence electrons. The van der Waals surface area contributed by atoms with Gasteiger partial charge in [0, 0.05) is 14.2 Å². The van der Waals surface area contributed by atoms with Gasteiger partial charge in [-0.2, -0.15) is 0 Å². The second-order valence-corrected chi connectivity index (χ2v) is 6.68. The van der Waals surface area contributed by atoms with Crippen LogP contribution in [0.15, 0.2) is 0 Å². The van der Waals surface area contributed by atoms with E-state index in [0.29, 0.717) is 0 Å². The minimum absolute atomic E-state index is 0.0349. The number of hydrogen-bond donors (Lipinski definition) is 2. The molecule has 0 heterocycles. The molecule has 0 fully saturated rings. The zero-order valence-electron chi connectivity index (χ0n) is 16.5. The number of nitrogens with one attached hydrogen (secondary N) is 1. The second-order valence-electron chi connectivity index (χ2n) is 6.68. The number of ether oxygens (including phenoxy) is 1. The van der Waals surface area contributed by atoms with Gasteiger partial charge in [-0.05, 0) is 26.9 Å². The van der Waals surface area contributed by atoms with E-state index in [1.165, 1.54) is 7.11 Å². The van der Waals surface area contributed by atoms with Crippen molar-refractivity contribution in [2.75, 3.05) is 34.8 Å². The molecule has 0 aliphatic rings. The molecule has 0 aromatic rings. The van der Waals surface area contributed by atoms with Gasteiger partial charge in [0.05, 0.1) is 31.2 Å². The molecule has 0 aromatic heterocycles. The van der Waals surface area contributed by atoms with Crippen LogP contribution in [0.3, 0.4) is 0 Å². The summed E-state index contributed by atoms with van der Waals surface area (Å²) in [6.07, 6.45) is 0.357. The zero-order valence-corrected chi connectivity index (χ0v) is 16.5. The van der Waals surface area contributed by atoms with E-state index in [4.69, 9.17) is 10.5 Å². The Labute approximate surface area is 151 Å². The number of nitrogens with zero attached hydrogens (tertiary/aromatic N) is 2. The van der Waals surface area contributed by atoms with Crippen molar-refractivity contribution in [3.8, 4) is 0 Å². The molecule has 8 heteroatoms. The molecule has 0 aromatic carbocycles. The average molecular weight is 358 g/mol. The molecular formula is C17H34N4O4. The second kappa shape index (κ2) is 11.0. The van der Waals surface area contributed by atoms with E-state index in [2.05, 4.69) is 5.32 Å². The molecule has 8 nitrogen and oxygen atoms in total. The topological polar surface area (TPSA) is 105 Å². The van der Waals surface area contributed by atoms with E-state index < -0.39 is 12.0 Å². The molecule has 0 rings (SSSR count). The van der Waals surface area contributed by atoms with E-state index in [1.807, 2.05) is 13.8 Å². The Morgan fingerprint density at radius 1 is 1.16 bits per heavy atom. The van der Waals surface area contributed by atoms with Gasteiger partial charge < -0.3 is 20.7 Å². The van der Waals surface area contributed by atoms with Crippen molar-refractivity contribution in [2.24, 2.45) is 11.7 Å². The summed E-state index contributed by atoms with van der Waals surface area (Å²) in [5.74, 6) is -0.827. The van der Waals surface area contributed by atoms with E-state index in [9.17, 15) is 14.4 Å². The Balaban J connectivity index is 5.05. The third-order valence-electron chi connectivity index (χ3n) is 4.72. The number of primary amides is 1. The Morgan fingerprint density at radius 2 is 1.72 bits per heavy atom. The van der Waals surface area contributed by atoms with E-state index in [0.717, 1.165) is 6.42 Å². The first-order chi connectivity index (χ1) is 11.6. The quantitative estimate of drug-likeness (QED) is 0.533. The molecule has 0 spiro atoms. The molecule has 4 atom stereocenters. The predicted octanol–water partition coefficient (Wildman–Crippen LogP) is -0.184. The van der Waals surface area contributed by atoms with Gasteiger partial charge in [0.25, 0.3) is 0 Å². The molecule has 0 aliphatic heterocycles. The minimum Gasteiger partial charge on any atom is -0.379 e. The SMILES string of the molecule is CCC(C)C(C(CC(N)=O)OC)N(C)C(=O)CNC(=O)C(C)N(C)C. The van der Waals surface area contributed by atoms with Crippen molar-refractivity contribution in [1.29, 1.82) is 0 Å². The predicted molar refractivity (Wildman–Crippen MR) is 96.8 cm³/mol. The fourth-order valence-corrected chi connectivity index (χ4v) is 2.62. The molecule has 0 bridgehead atoms. The largest absolute Gasteiger partial charge is 0.379 e. The summed E-state index contributed by atoms with van der Waals surface area (Å²) in [6.45, 7) is 5.66. The summed E-state index contributed by atoms with van der Waals surface area (Å²) in [5.41, 5.74) is 5.30. The number of nitrogens with two attached hydrogens (primary N) is 1. The van der Waals surface area contributed by atoms with Gasteiger partial charge >= 0.3 is 0 Å². The van der Waals surface area contributed by atoms with Crippen LogP contribution < -0.4 is 11.1 Å². The Kier molecular flexibility index (Phi) is 10.3. The van der Waals surface area contributed by atoms with Crippen LogP contribution in [0.1, 0.15) is 33.6 Å². The number of carbonyl (C=O) groups excluding carboxylic acids is 3. The first-order valence-corrected chi connectivity index (χ1v) is 8.57. The fourth-order valence-electron chi connectivity index (χ4n) is 2.62. The fraction of sp³-hybridized carbons (Fsp3) is 0.824. The maximum Gasteiger partial charge on any atom is 0.242 e. The summed E-state index contributed by atoms with van der Waals surface area (Å²) < 4.78 is 5.42. The van der Waals surface area contributed by atoms with E-state index >= 15 is 0 Å². The van der Waals surface area contributed by atoms with Crippen LogP contribution in [-0.4, -0.2) is 80.5 Å². The first-order valence-electron chi connectivity index (χ1n) is 8.57. The van der Waals surface area contributed by atoms with Crippen LogP contribution in [0.25, 0.3) is 0 Å². The highest BCUT2D eigenvalue weighted by molar-refractivity contribution is 5.87. The lowest BCUT2D eigenvalue weighted by Crippen LogP contribution is -2.53. The van der Waals surface area contributed by atoms with Gasteiger partial charge in [0.1, 0.15) is 0 Å². The molecule has 0 radical (unpaired) electrons. The van der Waals surface area contributed by atoms with Crippen LogP contribution in [0.2, 0.25) is 0 Å². The van der Waals surface area contributed by atoms with Crippen molar-refractivity contribution < 1.29 is 19.1 Å². The maximum atomic E-state index is 12.5. The van der Waals surface area contributed by atoms with Gasteiger partial charge in [0.2, 0.25) is 17.7 Å². The summed E-state index contributed by atoms with van der Waals surface area (Å²) in [5, 5.41) is 2.65. The van der Waals surface area contributed by atoms with E-state index in [-0.39, 0.29) is 42.8 Å². The molecule has 0 saturated heterocycles. The Morgan fingerprint density at radius 3 is 2.12 bits per heavy atom. The zero-order chi connectivity index (χ0) is 19.7. The smallest absolute Gasteiger partial charge is 0.242 e. The lowest BCUT2D eigenvalue weighted by atomic mass is 9.91. The van der Waals surface area contributed by atoms with Crippen molar-refractivity contribution in [3.63, 3.8) is 0 Å². The van der Waals surface area contributed by atoms with Gasteiger partial charge in [0.15, 0.2) is 0 Å². The summed E-state index contributed by atoms with van der Waals surface area (Å²) in [6, 6.07) is -0.636. The van der Waals surface area contributed by atoms with Crippen molar-refractivity contribution >= 4 is 17.7 Å². The van der Waals surface area contributed by atoms with Crippen LogP contribution >= 0.6 is 0 Å². The monoisotopic (exact) mass is 358 g/mol. The number of amides is 3. The number of rotatable bonds is 11. The highest BCUT2D eigenvalue weighted by Crippen LogP contribution is 2.21. The van der Waals surface area contributed by atoms with Gasteiger partial charge in [-0.3, -0.25) is 19.3 Å². The lowest BCUT2D eigenvalue weighted by Gasteiger charge is -2.37. The third kappa shape index (κ3) is 7.39. The number of carbonyl (C=O) groups is 3. The standard InChI is InChI=1S/C17H34N4O4/c1-8-11(2)16(13(25-7)9-14(18)22)21(6)15(23)10-19-17(24)12(3)20(4)5/h11-13,16H,8-10H2,1-7H3,(H2,18,22)(H,19,24). The Hall–Kier alpha value is -1.67. The molecule has 25 heavy (non-hydrogen) atoms. The molecular weight excluding hydrogens is 324 g/mol. The van der Waals surface area contributed by atoms with Crippen LogP contribution in [0.4, 0.5) is 0 Å². The molecule has 0 saturated carbocycles. The molecule has 4 unspecified atom stereocenters. The van der Waals surface area contributed by atoms with Crippen LogP contribution in [0, 0.1) is 5.92 Å². The highest BCUT2D eigenvalue weighted by Gasteiger charge is 2.33. The summed E-state index contributed by atoms with van der Waals surface area (Å²) >= 11 is 0. The number of hydrogen-bond acceptors (Lipinski definition) is 5. The summed E-state index contributed by atoms with van der Waals surface area (Å²) in [7, 11) is 6.75. The van der Waals surface area contributed by atoms with Crippen molar-refractivity contribution in [3.05, 3.63) is 0 Å². The average Bonchev–Trinajstić information content (AvgIpc) is 2.56. The first kappa shape index (κ1) is 23.3. The third-order valence-corrected chi connectivity index (χ3v) is 4.72. The Bertz CT molecular complexity index is 456. The number of methoxy groups -OCH3 is 1. The van der Waals surface area contributed by atoms with Gasteiger partial charge in [-0.1, -0.05) is 20.3 Å². The molecule has 0 aliphatic carbocycles. The minimum atomic E-state index is -0.488. The van der Waals surface area contributed by atoms with Gasteiger partial charge in [-0.15, -0.1) is 0 Å². The molecule has 3 N–H and O–H groups in total. The maximum absolute atomic E-state index is 12.5. The molecule has 3 amide bonds. The van der Waals surface area contributed by atoms with Crippen LogP contribution in [0.5, 0.6) is 0 Å². The van der Waals surface area contributed by atoms with Crippen LogP contribution in [-0.2, 0) is 19.1 Å². The van der Waals surface area contributed by atoms with Gasteiger partial charge in [-0.25, -0.2) is 0 Å². The lowest BCUT2D eigenvalue weighted by molar-refractivity contribution is -0.139. The summed E-state index contributed by atoms with van der Waals surface area (Å²) in [4.78, 5) is 39.1. The highest BCUT2D eigenvalue weighted by atomic mass is 16.5. The normalized spacial score (nSPS) is 16.0.